The molecule has 0 nitrogen and oxygen atoms in total. The summed E-state index contributed by atoms with van der Waals surface area (Å²) < 4.78 is 0. The van der Waals surface area contributed by atoms with Gasteiger partial charge in [0.25, 0.3) is 0 Å². The van der Waals surface area contributed by atoms with Gasteiger partial charge in [-0.25, -0.2) is 0 Å². The lowest BCUT2D eigenvalue weighted by atomic mass is 10.1. The van der Waals surface area contributed by atoms with Gasteiger partial charge in [0.2, 0.25) is 0 Å². The molecule has 1 aliphatic rings. The Bertz CT molecular complexity index is 427. The standard InChI is InChI=1S/C11H7/c1-2-4-10-8(3-1)5-6-9-7-11(9)10/h2-6H,7H2. The van der Waals surface area contributed by atoms with Crippen molar-refractivity contribution in [3.63, 3.8) is 0 Å². The number of hydrogen-bond acceptors (Lipinski definition) is 0. The van der Waals surface area contributed by atoms with Crippen LogP contribution in [0.15, 0.2) is 30.3 Å². The Kier molecular flexibility index (Phi) is 0.803. The van der Waals surface area contributed by atoms with Crippen molar-refractivity contribution >= 4 is 10.8 Å². The predicted molar refractivity (Wildman–Crippen MR) is 45.6 cm³/mol. The number of benzene rings is 2. The van der Waals surface area contributed by atoms with Crippen LogP contribution in [-0.2, 0) is 6.42 Å². The second-order valence-electron chi connectivity index (χ2n) is 3.03. The molecular formula is C11H7. The van der Waals surface area contributed by atoms with Crippen molar-refractivity contribution in [2.24, 2.45) is 0 Å². The molecule has 2 aromatic rings. The molecule has 0 saturated carbocycles. The van der Waals surface area contributed by atoms with Gasteiger partial charge in [0.1, 0.15) is 0 Å². The van der Waals surface area contributed by atoms with E-state index >= 15 is 0 Å². The van der Waals surface area contributed by atoms with E-state index in [2.05, 4.69) is 24.3 Å². The van der Waals surface area contributed by atoms with Crippen LogP contribution in [0.3, 0.4) is 0 Å². The fourth-order valence-corrected chi connectivity index (χ4v) is 1.62. The summed E-state index contributed by atoms with van der Waals surface area (Å²) in [6, 6.07) is 13.7. The molecule has 2 aromatic carbocycles. The Morgan fingerprint density at radius 1 is 1.18 bits per heavy atom. The molecule has 0 bridgehead atoms. The topological polar surface area (TPSA) is 0 Å². The summed E-state index contributed by atoms with van der Waals surface area (Å²) in [5, 5.41) is 2.74. The van der Waals surface area contributed by atoms with Crippen molar-refractivity contribution < 1.29 is 0 Å². The highest BCUT2D eigenvalue weighted by molar-refractivity contribution is 5.90. The second kappa shape index (κ2) is 1.65. The summed E-state index contributed by atoms with van der Waals surface area (Å²) >= 11 is 0. The van der Waals surface area contributed by atoms with Crippen LogP contribution in [0.4, 0.5) is 0 Å². The summed E-state index contributed by atoms with van der Waals surface area (Å²) in [7, 11) is 0. The highest BCUT2D eigenvalue weighted by Crippen LogP contribution is 2.34. The van der Waals surface area contributed by atoms with E-state index < -0.39 is 0 Å². The predicted octanol–water partition coefficient (Wildman–Crippen LogP) is 2.54. The molecule has 1 radical (unpaired) electrons. The first-order valence-corrected chi connectivity index (χ1v) is 3.86. The Hall–Kier alpha value is -1.30. The maximum absolute atomic E-state index is 3.09. The van der Waals surface area contributed by atoms with Crippen molar-refractivity contribution in [3.05, 3.63) is 47.5 Å². The highest BCUT2D eigenvalue weighted by atomic mass is 14.2. The van der Waals surface area contributed by atoms with Gasteiger partial charge in [-0.05, 0) is 40.5 Å². The first-order valence-electron chi connectivity index (χ1n) is 3.86. The van der Waals surface area contributed by atoms with Crippen molar-refractivity contribution in [3.8, 4) is 0 Å². The van der Waals surface area contributed by atoms with Crippen molar-refractivity contribution in [2.45, 2.75) is 6.42 Å². The van der Waals surface area contributed by atoms with E-state index in [0.29, 0.717) is 0 Å². The van der Waals surface area contributed by atoms with Crippen LogP contribution in [0.5, 0.6) is 0 Å². The fourth-order valence-electron chi connectivity index (χ4n) is 1.62. The van der Waals surface area contributed by atoms with E-state index in [4.69, 9.17) is 0 Å². The Labute approximate surface area is 65.5 Å². The normalized spacial score (nSPS) is 13.1. The smallest absolute Gasteiger partial charge is 0.00137 e. The highest BCUT2D eigenvalue weighted by Gasteiger charge is 2.18. The van der Waals surface area contributed by atoms with Gasteiger partial charge < -0.3 is 0 Å². The molecule has 11 heavy (non-hydrogen) atoms. The van der Waals surface area contributed by atoms with Gasteiger partial charge in [0, 0.05) is 0 Å². The molecule has 1 aliphatic carbocycles. The zero-order valence-electron chi connectivity index (χ0n) is 6.09. The molecule has 0 N–H and O–H groups in total. The minimum absolute atomic E-state index is 1.20. The van der Waals surface area contributed by atoms with Crippen molar-refractivity contribution in [1.82, 2.24) is 0 Å². The van der Waals surface area contributed by atoms with Crippen LogP contribution in [0, 0.1) is 6.07 Å². The number of rotatable bonds is 0. The largest absolute Gasteiger partial charge is 0.0578 e. The summed E-state index contributed by atoms with van der Waals surface area (Å²) in [6.07, 6.45) is 1.20. The Morgan fingerprint density at radius 3 is 3.18 bits per heavy atom. The van der Waals surface area contributed by atoms with Crippen LogP contribution in [-0.4, -0.2) is 0 Å². The summed E-state index contributed by atoms with van der Waals surface area (Å²) in [6.45, 7) is 0. The van der Waals surface area contributed by atoms with Crippen LogP contribution in [0.25, 0.3) is 10.8 Å². The molecule has 0 unspecified atom stereocenters. The quantitative estimate of drug-likeness (QED) is 0.449. The number of fused-ring (bicyclic) bond motifs is 3. The molecule has 0 aliphatic heterocycles. The van der Waals surface area contributed by atoms with E-state index in [1.807, 2.05) is 12.1 Å². The molecule has 0 heterocycles. The van der Waals surface area contributed by atoms with Crippen LogP contribution >= 0.6 is 0 Å². The fraction of sp³-hybridized carbons (Fsp3) is 0.0909. The zero-order chi connectivity index (χ0) is 7.26. The summed E-state index contributed by atoms with van der Waals surface area (Å²) in [4.78, 5) is 0. The summed E-state index contributed by atoms with van der Waals surface area (Å²) in [5.41, 5.74) is 3.06. The van der Waals surface area contributed by atoms with Gasteiger partial charge in [-0.2, -0.15) is 0 Å². The number of hydrogen-bond donors (Lipinski definition) is 0. The van der Waals surface area contributed by atoms with E-state index in [1.54, 1.807) is 0 Å². The Morgan fingerprint density at radius 2 is 2.18 bits per heavy atom. The lowest BCUT2D eigenvalue weighted by molar-refractivity contribution is 1.62. The van der Waals surface area contributed by atoms with Crippen LogP contribution < -0.4 is 0 Å². The van der Waals surface area contributed by atoms with E-state index in [9.17, 15) is 0 Å². The molecule has 0 amide bonds. The van der Waals surface area contributed by atoms with Gasteiger partial charge in [-0.3, -0.25) is 0 Å². The third-order valence-electron chi connectivity index (χ3n) is 2.32. The Balaban J connectivity index is 2.56. The molecule has 0 heteroatoms. The molecule has 0 saturated heterocycles. The molecule has 0 spiro atoms. The van der Waals surface area contributed by atoms with Crippen molar-refractivity contribution in [2.75, 3.05) is 0 Å². The average molecular weight is 139 g/mol. The lowest BCUT2D eigenvalue weighted by Crippen LogP contribution is -1.68. The lowest BCUT2D eigenvalue weighted by Gasteiger charge is -1.92. The maximum Gasteiger partial charge on any atom is -0.00137 e. The van der Waals surface area contributed by atoms with Gasteiger partial charge in [0.15, 0.2) is 0 Å². The first kappa shape index (κ1) is 5.36. The molecule has 0 fully saturated rings. The van der Waals surface area contributed by atoms with Crippen LogP contribution in [0.1, 0.15) is 11.1 Å². The molecular weight excluding hydrogens is 132 g/mol. The molecule has 51 valence electrons. The minimum Gasteiger partial charge on any atom is -0.0578 e. The minimum atomic E-state index is 1.20. The SMILES string of the molecule is [c]1ccc2c3c(ccc2c1)C3. The van der Waals surface area contributed by atoms with Gasteiger partial charge >= 0.3 is 0 Å². The monoisotopic (exact) mass is 139 g/mol. The van der Waals surface area contributed by atoms with Crippen LogP contribution in [0.2, 0.25) is 0 Å². The summed E-state index contributed by atoms with van der Waals surface area (Å²) in [5.74, 6) is 0. The maximum atomic E-state index is 3.09. The zero-order valence-corrected chi connectivity index (χ0v) is 6.09. The van der Waals surface area contributed by atoms with E-state index in [1.165, 1.54) is 28.3 Å². The van der Waals surface area contributed by atoms with E-state index in [-0.39, 0.29) is 0 Å². The molecule has 0 aromatic heterocycles. The third kappa shape index (κ3) is 0.640. The first-order chi connectivity index (χ1) is 5.45. The van der Waals surface area contributed by atoms with E-state index in [0.717, 1.165) is 0 Å². The average Bonchev–Trinajstić information content (AvgIpc) is 2.83. The van der Waals surface area contributed by atoms with Crippen molar-refractivity contribution in [1.29, 1.82) is 0 Å². The van der Waals surface area contributed by atoms with Gasteiger partial charge in [0.05, 0.1) is 0 Å². The van der Waals surface area contributed by atoms with Gasteiger partial charge in [-0.15, -0.1) is 0 Å². The molecule has 3 rings (SSSR count). The second-order valence-corrected chi connectivity index (χ2v) is 3.03. The molecule has 0 atom stereocenters. The van der Waals surface area contributed by atoms with Gasteiger partial charge in [-0.1, -0.05) is 24.3 Å². The third-order valence-corrected chi connectivity index (χ3v) is 2.32.